The molecule has 1 nitrogen and oxygen atoms in total. The SMILES string of the molecule is C=C(Br)Cc1cnc2ccccc2c1. The molecule has 0 bridgehead atoms. The minimum Gasteiger partial charge on any atom is -0.256 e. The van der Waals surface area contributed by atoms with Crippen molar-refractivity contribution in [1.82, 2.24) is 4.98 Å². The molecule has 0 aliphatic heterocycles. The van der Waals surface area contributed by atoms with Crippen molar-refractivity contribution in [3.63, 3.8) is 0 Å². The molecule has 0 saturated carbocycles. The molecule has 1 heterocycles. The highest BCUT2D eigenvalue weighted by Gasteiger charge is 1.97. The van der Waals surface area contributed by atoms with E-state index in [1.807, 2.05) is 24.4 Å². The van der Waals surface area contributed by atoms with Crippen molar-refractivity contribution in [2.45, 2.75) is 6.42 Å². The molecule has 1 aromatic heterocycles. The predicted octanol–water partition coefficient (Wildman–Crippen LogP) is 3.69. The van der Waals surface area contributed by atoms with Gasteiger partial charge < -0.3 is 0 Å². The number of nitrogens with zero attached hydrogens (tertiary/aromatic N) is 1. The highest BCUT2D eigenvalue weighted by molar-refractivity contribution is 9.11. The molecule has 70 valence electrons. The first-order valence-electron chi connectivity index (χ1n) is 4.42. The predicted molar refractivity (Wildman–Crippen MR) is 63.5 cm³/mol. The lowest BCUT2D eigenvalue weighted by molar-refractivity contribution is 1.22. The summed E-state index contributed by atoms with van der Waals surface area (Å²) in [4.78, 5) is 4.37. The first kappa shape index (κ1) is 9.41. The maximum atomic E-state index is 4.37. The van der Waals surface area contributed by atoms with E-state index in [1.54, 1.807) is 0 Å². The van der Waals surface area contributed by atoms with Crippen LogP contribution in [0.3, 0.4) is 0 Å². The fourth-order valence-electron chi connectivity index (χ4n) is 1.43. The van der Waals surface area contributed by atoms with Gasteiger partial charge in [-0.2, -0.15) is 0 Å². The van der Waals surface area contributed by atoms with E-state index in [2.05, 4.69) is 39.6 Å². The van der Waals surface area contributed by atoms with Crippen LogP contribution in [0.15, 0.2) is 47.6 Å². The minimum atomic E-state index is 0.831. The van der Waals surface area contributed by atoms with Crippen LogP contribution in [0.5, 0.6) is 0 Å². The number of allylic oxidation sites excluding steroid dienone is 1. The van der Waals surface area contributed by atoms with E-state index in [0.29, 0.717) is 0 Å². The van der Waals surface area contributed by atoms with Gasteiger partial charge in [-0.1, -0.05) is 40.7 Å². The summed E-state index contributed by atoms with van der Waals surface area (Å²) in [7, 11) is 0. The van der Waals surface area contributed by atoms with Gasteiger partial charge in [0, 0.05) is 18.0 Å². The van der Waals surface area contributed by atoms with Crippen molar-refractivity contribution in [2.24, 2.45) is 0 Å². The second-order valence-electron chi connectivity index (χ2n) is 3.23. The van der Waals surface area contributed by atoms with Crippen LogP contribution in [-0.2, 0) is 6.42 Å². The van der Waals surface area contributed by atoms with Gasteiger partial charge in [0.2, 0.25) is 0 Å². The van der Waals surface area contributed by atoms with Gasteiger partial charge in [-0.15, -0.1) is 0 Å². The average Bonchev–Trinajstić information content (AvgIpc) is 2.17. The maximum absolute atomic E-state index is 4.37. The summed E-state index contributed by atoms with van der Waals surface area (Å²) >= 11 is 3.35. The minimum absolute atomic E-state index is 0.831. The quantitative estimate of drug-likeness (QED) is 0.789. The largest absolute Gasteiger partial charge is 0.256 e. The van der Waals surface area contributed by atoms with Gasteiger partial charge in [0.05, 0.1) is 5.52 Å². The van der Waals surface area contributed by atoms with E-state index < -0.39 is 0 Å². The van der Waals surface area contributed by atoms with Crippen LogP contribution in [0.4, 0.5) is 0 Å². The summed E-state index contributed by atoms with van der Waals surface area (Å²) < 4.78 is 0.981. The molecule has 1 aromatic carbocycles. The van der Waals surface area contributed by atoms with Crippen molar-refractivity contribution in [3.05, 3.63) is 53.2 Å². The molecule has 0 aliphatic rings. The molecule has 14 heavy (non-hydrogen) atoms. The van der Waals surface area contributed by atoms with Crippen molar-refractivity contribution >= 4 is 26.8 Å². The van der Waals surface area contributed by atoms with Gasteiger partial charge in [-0.05, 0) is 22.2 Å². The van der Waals surface area contributed by atoms with Crippen LogP contribution >= 0.6 is 15.9 Å². The topological polar surface area (TPSA) is 12.9 Å². The first-order chi connectivity index (χ1) is 6.75. The smallest absolute Gasteiger partial charge is 0.0702 e. The molecular formula is C12H10BrN. The number of pyridine rings is 1. The Hall–Kier alpha value is -1.15. The zero-order valence-electron chi connectivity index (χ0n) is 7.70. The maximum Gasteiger partial charge on any atom is 0.0702 e. The van der Waals surface area contributed by atoms with E-state index in [9.17, 15) is 0 Å². The molecule has 0 radical (unpaired) electrons. The fraction of sp³-hybridized carbons (Fsp3) is 0.0833. The second-order valence-corrected chi connectivity index (χ2v) is 4.35. The van der Waals surface area contributed by atoms with Crippen LogP contribution in [0.2, 0.25) is 0 Å². The van der Waals surface area contributed by atoms with Crippen LogP contribution in [-0.4, -0.2) is 4.98 Å². The molecule has 2 aromatic rings. The zero-order chi connectivity index (χ0) is 9.97. The number of rotatable bonds is 2. The van der Waals surface area contributed by atoms with Crippen molar-refractivity contribution < 1.29 is 0 Å². The Kier molecular flexibility index (Phi) is 2.64. The highest BCUT2D eigenvalue weighted by atomic mass is 79.9. The van der Waals surface area contributed by atoms with E-state index in [1.165, 1.54) is 10.9 Å². The molecule has 0 spiro atoms. The highest BCUT2D eigenvalue weighted by Crippen LogP contribution is 2.16. The van der Waals surface area contributed by atoms with Crippen LogP contribution in [0.1, 0.15) is 5.56 Å². The molecule has 0 aliphatic carbocycles. The Morgan fingerprint density at radius 3 is 2.93 bits per heavy atom. The molecule has 0 fully saturated rings. The summed E-state index contributed by atoms with van der Waals surface area (Å²) in [5.74, 6) is 0. The monoisotopic (exact) mass is 247 g/mol. The van der Waals surface area contributed by atoms with E-state index in [4.69, 9.17) is 0 Å². The number of para-hydroxylation sites is 1. The van der Waals surface area contributed by atoms with Crippen molar-refractivity contribution in [3.8, 4) is 0 Å². The third-order valence-electron chi connectivity index (χ3n) is 2.04. The summed E-state index contributed by atoms with van der Waals surface area (Å²) in [6.07, 6.45) is 2.73. The van der Waals surface area contributed by atoms with Gasteiger partial charge in [0.25, 0.3) is 0 Å². The number of benzene rings is 1. The molecule has 0 amide bonds. The number of halogens is 1. The summed E-state index contributed by atoms with van der Waals surface area (Å²) in [5.41, 5.74) is 2.22. The van der Waals surface area contributed by atoms with Gasteiger partial charge in [0.1, 0.15) is 0 Å². The number of aromatic nitrogens is 1. The lowest BCUT2D eigenvalue weighted by atomic mass is 10.1. The van der Waals surface area contributed by atoms with Gasteiger partial charge in [-0.3, -0.25) is 4.98 Å². The van der Waals surface area contributed by atoms with E-state index in [0.717, 1.165) is 16.4 Å². The van der Waals surface area contributed by atoms with Crippen molar-refractivity contribution in [1.29, 1.82) is 0 Å². The first-order valence-corrected chi connectivity index (χ1v) is 5.22. The summed E-state index contributed by atoms with van der Waals surface area (Å²) in [6, 6.07) is 10.3. The number of hydrogen-bond donors (Lipinski definition) is 0. The average molecular weight is 248 g/mol. The summed E-state index contributed by atoms with van der Waals surface area (Å²) in [6.45, 7) is 3.82. The second kappa shape index (κ2) is 3.93. The lowest BCUT2D eigenvalue weighted by Crippen LogP contribution is -1.86. The Morgan fingerprint density at radius 1 is 1.36 bits per heavy atom. The summed E-state index contributed by atoms with van der Waals surface area (Å²) in [5, 5.41) is 1.18. The normalized spacial score (nSPS) is 10.4. The van der Waals surface area contributed by atoms with Gasteiger partial charge in [-0.25, -0.2) is 0 Å². The Bertz CT molecular complexity index is 476. The van der Waals surface area contributed by atoms with E-state index in [-0.39, 0.29) is 0 Å². The molecular weight excluding hydrogens is 238 g/mol. The molecule has 0 saturated heterocycles. The molecule has 0 unspecified atom stereocenters. The van der Waals surface area contributed by atoms with Crippen LogP contribution < -0.4 is 0 Å². The molecule has 2 heteroatoms. The Labute approximate surface area is 91.6 Å². The zero-order valence-corrected chi connectivity index (χ0v) is 9.29. The standard InChI is InChI=1S/C12H10BrN/c1-9(13)6-10-7-11-4-2-3-5-12(11)14-8-10/h2-5,7-8H,1,6H2. The van der Waals surface area contributed by atoms with E-state index >= 15 is 0 Å². The van der Waals surface area contributed by atoms with Crippen molar-refractivity contribution in [2.75, 3.05) is 0 Å². The van der Waals surface area contributed by atoms with Gasteiger partial charge >= 0.3 is 0 Å². The number of hydrogen-bond acceptors (Lipinski definition) is 1. The van der Waals surface area contributed by atoms with Gasteiger partial charge in [0.15, 0.2) is 0 Å². The molecule has 2 rings (SSSR count). The van der Waals surface area contributed by atoms with Crippen LogP contribution in [0, 0.1) is 0 Å². The third kappa shape index (κ3) is 2.02. The third-order valence-corrected chi connectivity index (χ3v) is 2.32. The Morgan fingerprint density at radius 2 is 2.14 bits per heavy atom. The molecule has 0 atom stereocenters. The lowest BCUT2D eigenvalue weighted by Gasteiger charge is -2.01. The molecule has 0 N–H and O–H groups in total. The number of fused-ring (bicyclic) bond motifs is 1. The Balaban J connectivity index is 2.46. The van der Waals surface area contributed by atoms with Crippen LogP contribution in [0.25, 0.3) is 10.9 Å². The fourth-order valence-corrected chi connectivity index (χ4v) is 1.76.